The van der Waals surface area contributed by atoms with Gasteiger partial charge in [0.25, 0.3) is 11.8 Å². The third-order valence-electron chi connectivity index (χ3n) is 5.06. The quantitative estimate of drug-likeness (QED) is 0.825. The lowest BCUT2D eigenvalue weighted by molar-refractivity contribution is -0.0893. The van der Waals surface area contributed by atoms with E-state index in [1.807, 2.05) is 13.8 Å². The van der Waals surface area contributed by atoms with Gasteiger partial charge < -0.3 is 14.7 Å². The number of amides is 1. The SMILES string of the molecule is CC(C)(O)C(C)(C)OBc1ccc(C(=O)N2CCC(F)(F)CC2)cc1. The number of likely N-dealkylation sites (tertiary alicyclic amines) is 1. The number of halogens is 2. The molecule has 0 bridgehead atoms. The Morgan fingerprint density at radius 1 is 1.16 bits per heavy atom. The predicted octanol–water partition coefficient (Wildman–Crippen LogP) is 2.10. The third-order valence-corrected chi connectivity index (χ3v) is 5.06. The van der Waals surface area contributed by atoms with Crippen molar-refractivity contribution in [3.8, 4) is 0 Å². The molecule has 1 fully saturated rings. The van der Waals surface area contributed by atoms with E-state index in [1.165, 1.54) is 4.90 Å². The lowest BCUT2D eigenvalue weighted by Gasteiger charge is -2.37. The molecule has 0 radical (unpaired) electrons. The Morgan fingerprint density at radius 3 is 2.16 bits per heavy atom. The summed E-state index contributed by atoms with van der Waals surface area (Å²) in [6.45, 7) is 7.18. The number of alkyl halides is 2. The smallest absolute Gasteiger partial charge is 0.309 e. The van der Waals surface area contributed by atoms with Gasteiger partial charge in [0, 0.05) is 31.5 Å². The minimum atomic E-state index is -2.66. The lowest BCUT2D eigenvalue weighted by Crippen LogP contribution is -2.49. The van der Waals surface area contributed by atoms with Gasteiger partial charge in [-0.3, -0.25) is 4.79 Å². The van der Waals surface area contributed by atoms with Gasteiger partial charge in [-0.05, 0) is 39.8 Å². The first-order chi connectivity index (χ1) is 11.4. The number of rotatable bonds is 5. The summed E-state index contributed by atoms with van der Waals surface area (Å²) in [7, 11) is 0.307. The molecular formula is C18H26BF2NO3. The summed E-state index contributed by atoms with van der Waals surface area (Å²) in [5.41, 5.74) is -0.352. The highest BCUT2D eigenvalue weighted by molar-refractivity contribution is 6.47. The highest BCUT2D eigenvalue weighted by atomic mass is 19.3. The standard InChI is InChI=1S/C18H26BF2NO3/c1-16(2,24)17(3,4)25-19-14-7-5-13(6-8-14)15(23)22-11-9-18(20,21)10-12-22/h5-8,19,24H,9-12H2,1-4H3. The van der Waals surface area contributed by atoms with Crippen LogP contribution < -0.4 is 5.46 Å². The van der Waals surface area contributed by atoms with Gasteiger partial charge in [-0.2, -0.15) is 0 Å². The second-order valence-corrected chi connectivity index (χ2v) is 7.70. The van der Waals surface area contributed by atoms with Gasteiger partial charge >= 0.3 is 7.48 Å². The maximum atomic E-state index is 13.2. The Morgan fingerprint density at radius 2 is 1.68 bits per heavy atom. The molecule has 1 aliphatic rings. The lowest BCUT2D eigenvalue weighted by atomic mass is 9.82. The van der Waals surface area contributed by atoms with Gasteiger partial charge in [0.05, 0.1) is 11.2 Å². The number of aliphatic hydroxyl groups is 1. The van der Waals surface area contributed by atoms with Gasteiger partial charge in [0.15, 0.2) is 0 Å². The molecule has 2 rings (SSSR count). The largest absolute Gasteiger partial charge is 0.427 e. The van der Waals surface area contributed by atoms with Crippen LogP contribution in [0.4, 0.5) is 8.78 Å². The minimum Gasteiger partial charge on any atom is -0.427 e. The number of carbonyl (C=O) groups is 1. The van der Waals surface area contributed by atoms with Gasteiger partial charge in [-0.1, -0.05) is 17.6 Å². The average Bonchev–Trinajstić information content (AvgIpc) is 2.52. The van der Waals surface area contributed by atoms with E-state index in [4.69, 9.17) is 4.65 Å². The van der Waals surface area contributed by atoms with E-state index in [2.05, 4.69) is 0 Å². The first-order valence-corrected chi connectivity index (χ1v) is 8.54. The zero-order valence-corrected chi connectivity index (χ0v) is 15.3. The highest BCUT2D eigenvalue weighted by Crippen LogP contribution is 2.28. The van der Waals surface area contributed by atoms with E-state index in [0.29, 0.717) is 13.0 Å². The number of benzene rings is 1. The van der Waals surface area contributed by atoms with Crippen LogP contribution in [0.15, 0.2) is 24.3 Å². The Hall–Kier alpha value is -1.47. The zero-order valence-electron chi connectivity index (χ0n) is 15.3. The Balaban J connectivity index is 1.95. The fraction of sp³-hybridized carbons (Fsp3) is 0.611. The van der Waals surface area contributed by atoms with Crippen molar-refractivity contribution in [2.75, 3.05) is 13.1 Å². The molecule has 7 heteroatoms. The average molecular weight is 353 g/mol. The van der Waals surface area contributed by atoms with Crippen LogP contribution in [0.2, 0.25) is 0 Å². The van der Waals surface area contributed by atoms with Crippen molar-refractivity contribution in [2.45, 2.75) is 57.7 Å². The van der Waals surface area contributed by atoms with E-state index >= 15 is 0 Å². The number of hydrogen-bond donors (Lipinski definition) is 1. The number of nitrogens with zero attached hydrogens (tertiary/aromatic N) is 1. The summed E-state index contributed by atoms with van der Waals surface area (Å²) in [5, 5.41) is 10.1. The molecule has 1 heterocycles. The van der Waals surface area contributed by atoms with Gasteiger partial charge in [0.2, 0.25) is 0 Å². The molecule has 0 atom stereocenters. The topological polar surface area (TPSA) is 49.8 Å². The van der Waals surface area contributed by atoms with Crippen LogP contribution in [0.5, 0.6) is 0 Å². The van der Waals surface area contributed by atoms with Crippen LogP contribution >= 0.6 is 0 Å². The summed E-state index contributed by atoms with van der Waals surface area (Å²) in [4.78, 5) is 13.9. The minimum absolute atomic E-state index is 0.0798. The summed E-state index contributed by atoms with van der Waals surface area (Å²) >= 11 is 0. The molecule has 25 heavy (non-hydrogen) atoms. The third kappa shape index (κ3) is 5.01. The maximum Gasteiger partial charge on any atom is 0.309 e. The van der Waals surface area contributed by atoms with Crippen LogP contribution in [0.25, 0.3) is 0 Å². The van der Waals surface area contributed by atoms with Crippen molar-refractivity contribution in [3.05, 3.63) is 29.8 Å². The summed E-state index contributed by atoms with van der Waals surface area (Å²) in [6, 6.07) is 6.94. The van der Waals surface area contributed by atoms with Crippen LogP contribution in [-0.2, 0) is 4.65 Å². The highest BCUT2D eigenvalue weighted by Gasteiger charge is 2.36. The van der Waals surface area contributed by atoms with Crippen molar-refractivity contribution < 1.29 is 23.3 Å². The van der Waals surface area contributed by atoms with Gasteiger partial charge in [-0.15, -0.1) is 0 Å². The maximum absolute atomic E-state index is 13.2. The van der Waals surface area contributed by atoms with Crippen molar-refractivity contribution in [2.24, 2.45) is 0 Å². The van der Waals surface area contributed by atoms with Crippen molar-refractivity contribution >= 4 is 18.9 Å². The molecular weight excluding hydrogens is 327 g/mol. The number of hydrogen-bond acceptors (Lipinski definition) is 3. The fourth-order valence-corrected chi connectivity index (χ4v) is 2.40. The molecule has 0 unspecified atom stereocenters. The first kappa shape index (κ1) is 19.9. The summed E-state index contributed by atoms with van der Waals surface area (Å²) in [5.74, 6) is -2.88. The van der Waals surface area contributed by atoms with Crippen LogP contribution in [0.1, 0.15) is 50.9 Å². The molecule has 1 saturated heterocycles. The Labute approximate surface area is 148 Å². The molecule has 0 aliphatic carbocycles. The summed E-state index contributed by atoms with van der Waals surface area (Å²) in [6.07, 6.45) is -0.562. The fourth-order valence-electron chi connectivity index (χ4n) is 2.40. The second-order valence-electron chi connectivity index (χ2n) is 7.70. The molecule has 1 N–H and O–H groups in total. The summed E-state index contributed by atoms with van der Waals surface area (Å²) < 4.78 is 32.2. The molecule has 138 valence electrons. The second kappa shape index (κ2) is 7.04. The molecule has 4 nitrogen and oxygen atoms in total. The van der Waals surface area contributed by atoms with Crippen molar-refractivity contribution in [1.82, 2.24) is 4.90 Å². The Kier molecular flexibility index (Phi) is 5.59. The normalized spacial score (nSPS) is 18.1. The van der Waals surface area contributed by atoms with E-state index in [9.17, 15) is 18.7 Å². The zero-order chi connectivity index (χ0) is 18.9. The molecule has 1 aromatic carbocycles. The number of piperidine rings is 1. The van der Waals surface area contributed by atoms with E-state index in [-0.39, 0.29) is 31.8 Å². The molecule has 0 aromatic heterocycles. The molecule has 0 saturated carbocycles. The van der Waals surface area contributed by atoms with Crippen LogP contribution in [-0.4, -0.2) is 53.6 Å². The monoisotopic (exact) mass is 353 g/mol. The van der Waals surface area contributed by atoms with Crippen molar-refractivity contribution in [3.63, 3.8) is 0 Å². The number of carbonyl (C=O) groups excluding carboxylic acids is 1. The van der Waals surface area contributed by atoms with E-state index in [1.54, 1.807) is 38.1 Å². The first-order valence-electron chi connectivity index (χ1n) is 8.54. The molecule has 1 amide bonds. The molecule has 0 spiro atoms. The Bertz CT molecular complexity index is 602. The van der Waals surface area contributed by atoms with Gasteiger partial charge in [0.1, 0.15) is 0 Å². The van der Waals surface area contributed by atoms with E-state index in [0.717, 1.165) is 5.46 Å². The van der Waals surface area contributed by atoms with Crippen LogP contribution in [0, 0.1) is 0 Å². The van der Waals surface area contributed by atoms with Crippen molar-refractivity contribution in [1.29, 1.82) is 0 Å². The molecule has 1 aliphatic heterocycles. The molecule has 1 aromatic rings. The van der Waals surface area contributed by atoms with Crippen LogP contribution in [0.3, 0.4) is 0 Å². The van der Waals surface area contributed by atoms with E-state index < -0.39 is 17.1 Å². The van der Waals surface area contributed by atoms with Gasteiger partial charge in [-0.25, -0.2) is 8.78 Å². The predicted molar refractivity (Wildman–Crippen MR) is 94.8 cm³/mol.